The molecule has 3 heterocycles. The Kier molecular flexibility index (Phi) is 3.03. The van der Waals surface area contributed by atoms with Crippen molar-refractivity contribution in [3.8, 4) is 0 Å². The summed E-state index contributed by atoms with van der Waals surface area (Å²) in [6.45, 7) is 3.07. The number of amides is 2. The third-order valence-corrected chi connectivity index (χ3v) is 4.38. The Morgan fingerprint density at radius 3 is 2.85 bits per heavy atom. The summed E-state index contributed by atoms with van der Waals surface area (Å²) < 4.78 is 4.99. The van der Waals surface area contributed by atoms with Crippen molar-refractivity contribution >= 4 is 11.8 Å². The van der Waals surface area contributed by atoms with E-state index in [1.54, 1.807) is 24.9 Å². The van der Waals surface area contributed by atoms with Gasteiger partial charge in [0.2, 0.25) is 5.91 Å². The Balaban J connectivity index is 1.90. The van der Waals surface area contributed by atoms with E-state index < -0.39 is 0 Å². The highest BCUT2D eigenvalue weighted by molar-refractivity contribution is 5.94. The van der Waals surface area contributed by atoms with Gasteiger partial charge in [-0.15, -0.1) is 0 Å². The maximum absolute atomic E-state index is 12.7. The minimum Gasteiger partial charge on any atom is -0.361 e. The number of likely N-dealkylation sites (tertiary alicyclic amines) is 2. The molecule has 0 radical (unpaired) electrons. The first-order valence-electron chi connectivity index (χ1n) is 7.01. The highest BCUT2D eigenvalue weighted by Gasteiger charge is 2.49. The molecule has 0 N–H and O–H groups in total. The van der Waals surface area contributed by atoms with Gasteiger partial charge in [-0.3, -0.25) is 9.59 Å². The Labute approximate surface area is 117 Å². The molecule has 3 rings (SSSR count). The highest BCUT2D eigenvalue weighted by Crippen LogP contribution is 2.37. The van der Waals surface area contributed by atoms with Crippen molar-refractivity contribution in [2.75, 3.05) is 20.1 Å². The molecular formula is C14H19N3O3. The number of rotatable bonds is 1. The second-order valence-electron chi connectivity index (χ2n) is 5.89. The average Bonchev–Trinajstić information content (AvgIpc) is 2.95. The van der Waals surface area contributed by atoms with E-state index in [0.717, 1.165) is 19.3 Å². The molecule has 108 valence electrons. The molecule has 1 aromatic heterocycles. The Morgan fingerprint density at radius 1 is 1.45 bits per heavy atom. The van der Waals surface area contributed by atoms with Gasteiger partial charge in [0.05, 0.1) is 12.0 Å². The van der Waals surface area contributed by atoms with E-state index in [-0.39, 0.29) is 17.4 Å². The fourth-order valence-electron chi connectivity index (χ4n) is 3.37. The van der Waals surface area contributed by atoms with Gasteiger partial charge in [0.25, 0.3) is 5.91 Å². The first kappa shape index (κ1) is 13.1. The van der Waals surface area contributed by atoms with Gasteiger partial charge in [0.1, 0.15) is 5.76 Å². The third-order valence-electron chi connectivity index (χ3n) is 4.38. The topological polar surface area (TPSA) is 66.7 Å². The molecule has 2 aliphatic rings. The first-order valence-corrected chi connectivity index (χ1v) is 7.01. The van der Waals surface area contributed by atoms with Crippen LogP contribution in [-0.4, -0.2) is 52.4 Å². The molecule has 6 nitrogen and oxygen atoms in total. The van der Waals surface area contributed by atoms with Crippen LogP contribution in [0.4, 0.5) is 0 Å². The van der Waals surface area contributed by atoms with E-state index in [0.29, 0.717) is 31.0 Å². The Hall–Kier alpha value is -1.85. The molecule has 2 aliphatic heterocycles. The van der Waals surface area contributed by atoms with Crippen LogP contribution >= 0.6 is 0 Å². The van der Waals surface area contributed by atoms with E-state index in [4.69, 9.17) is 4.52 Å². The van der Waals surface area contributed by atoms with Crippen LogP contribution in [0.1, 0.15) is 41.9 Å². The molecule has 20 heavy (non-hydrogen) atoms. The van der Waals surface area contributed by atoms with E-state index in [1.807, 2.05) is 4.90 Å². The first-order chi connectivity index (χ1) is 9.52. The van der Waals surface area contributed by atoms with Gasteiger partial charge < -0.3 is 14.3 Å². The molecule has 0 unspecified atom stereocenters. The van der Waals surface area contributed by atoms with Crippen LogP contribution in [0.25, 0.3) is 0 Å². The summed E-state index contributed by atoms with van der Waals surface area (Å²) in [4.78, 5) is 28.1. The number of likely N-dealkylation sites (N-methyl/N-ethyl adjacent to an activating group) is 1. The molecule has 1 aromatic rings. The molecule has 1 spiro atoms. The maximum atomic E-state index is 12.7. The smallest absolute Gasteiger partial charge is 0.276 e. The Bertz CT molecular complexity index is 554. The van der Waals surface area contributed by atoms with Crippen molar-refractivity contribution in [1.82, 2.24) is 15.0 Å². The van der Waals surface area contributed by atoms with Gasteiger partial charge in [-0.05, 0) is 26.2 Å². The van der Waals surface area contributed by atoms with Crippen molar-refractivity contribution in [2.45, 2.75) is 38.1 Å². The van der Waals surface area contributed by atoms with Crippen LogP contribution < -0.4 is 0 Å². The van der Waals surface area contributed by atoms with Gasteiger partial charge in [-0.2, -0.15) is 0 Å². The normalized spacial score (nSPS) is 26.6. The lowest BCUT2D eigenvalue weighted by atomic mass is 9.85. The molecule has 2 fully saturated rings. The van der Waals surface area contributed by atoms with Gasteiger partial charge in [-0.1, -0.05) is 5.16 Å². The molecule has 0 bridgehead atoms. The van der Waals surface area contributed by atoms with E-state index in [1.165, 1.54) is 0 Å². The van der Waals surface area contributed by atoms with Crippen LogP contribution in [-0.2, 0) is 4.79 Å². The van der Waals surface area contributed by atoms with Crippen molar-refractivity contribution in [3.63, 3.8) is 0 Å². The predicted octanol–water partition coefficient (Wildman–Crippen LogP) is 1.21. The predicted molar refractivity (Wildman–Crippen MR) is 71.1 cm³/mol. The summed E-state index contributed by atoms with van der Waals surface area (Å²) >= 11 is 0. The fourth-order valence-corrected chi connectivity index (χ4v) is 3.37. The number of piperidine rings is 1. The largest absolute Gasteiger partial charge is 0.361 e. The van der Waals surface area contributed by atoms with Crippen molar-refractivity contribution in [3.05, 3.63) is 17.5 Å². The second-order valence-corrected chi connectivity index (χ2v) is 5.89. The zero-order chi connectivity index (χ0) is 14.3. The number of hydrogen-bond donors (Lipinski definition) is 0. The molecule has 6 heteroatoms. The van der Waals surface area contributed by atoms with Crippen LogP contribution in [0, 0.1) is 6.92 Å². The molecule has 2 amide bonds. The summed E-state index contributed by atoms with van der Waals surface area (Å²) in [5.41, 5.74) is -0.0145. The van der Waals surface area contributed by atoms with E-state index in [9.17, 15) is 9.59 Å². The number of aryl methyl sites for hydroxylation is 1. The number of carbonyl (C=O) groups is 2. The summed E-state index contributed by atoms with van der Waals surface area (Å²) in [5, 5.41) is 3.82. The zero-order valence-electron chi connectivity index (χ0n) is 11.9. The standard InChI is InChI=1S/C14H19N3O3/c1-10-7-11(15-20-10)13(19)17-6-4-3-5-14(17)8-12(18)16(2)9-14/h7H,3-6,8-9H2,1-2H3/t14-/m0/s1. The minimum atomic E-state index is -0.353. The van der Waals surface area contributed by atoms with Crippen LogP contribution in [0.3, 0.4) is 0 Å². The lowest BCUT2D eigenvalue weighted by Gasteiger charge is -2.43. The van der Waals surface area contributed by atoms with Crippen LogP contribution in [0.15, 0.2) is 10.6 Å². The highest BCUT2D eigenvalue weighted by atomic mass is 16.5. The summed E-state index contributed by atoms with van der Waals surface area (Å²) in [6, 6.07) is 1.66. The van der Waals surface area contributed by atoms with Crippen molar-refractivity contribution in [2.24, 2.45) is 0 Å². The van der Waals surface area contributed by atoms with Gasteiger partial charge in [0.15, 0.2) is 5.69 Å². The van der Waals surface area contributed by atoms with Gasteiger partial charge >= 0.3 is 0 Å². The van der Waals surface area contributed by atoms with E-state index in [2.05, 4.69) is 5.16 Å². The monoisotopic (exact) mass is 277 g/mol. The molecule has 0 saturated carbocycles. The molecular weight excluding hydrogens is 258 g/mol. The second kappa shape index (κ2) is 4.61. The lowest BCUT2D eigenvalue weighted by Crippen LogP contribution is -2.56. The van der Waals surface area contributed by atoms with E-state index >= 15 is 0 Å². The maximum Gasteiger partial charge on any atom is 0.276 e. The lowest BCUT2D eigenvalue weighted by molar-refractivity contribution is -0.126. The average molecular weight is 277 g/mol. The van der Waals surface area contributed by atoms with Gasteiger partial charge in [-0.25, -0.2) is 0 Å². The zero-order valence-corrected chi connectivity index (χ0v) is 11.9. The molecule has 0 aromatic carbocycles. The van der Waals surface area contributed by atoms with Gasteiger partial charge in [0, 0.05) is 26.2 Å². The van der Waals surface area contributed by atoms with Crippen molar-refractivity contribution < 1.29 is 14.1 Å². The fraction of sp³-hybridized carbons (Fsp3) is 0.643. The summed E-state index contributed by atoms with van der Waals surface area (Å²) in [6.07, 6.45) is 3.34. The quantitative estimate of drug-likeness (QED) is 0.774. The van der Waals surface area contributed by atoms with Crippen LogP contribution in [0.2, 0.25) is 0 Å². The Morgan fingerprint density at radius 2 is 2.25 bits per heavy atom. The third kappa shape index (κ3) is 1.99. The van der Waals surface area contributed by atoms with Crippen molar-refractivity contribution in [1.29, 1.82) is 0 Å². The number of nitrogens with zero attached hydrogens (tertiary/aromatic N) is 3. The number of hydrogen-bond acceptors (Lipinski definition) is 4. The minimum absolute atomic E-state index is 0.112. The summed E-state index contributed by atoms with van der Waals surface area (Å²) in [7, 11) is 1.80. The molecule has 2 saturated heterocycles. The molecule has 0 aliphatic carbocycles. The summed E-state index contributed by atoms with van der Waals surface area (Å²) in [5.74, 6) is 0.615. The number of carbonyl (C=O) groups excluding carboxylic acids is 2. The SMILES string of the molecule is Cc1cc(C(=O)N2CCCC[C@@]23CC(=O)N(C)C3)no1. The number of aromatic nitrogens is 1. The molecule has 1 atom stereocenters. The van der Waals surface area contributed by atoms with Crippen LogP contribution in [0.5, 0.6) is 0 Å².